The van der Waals surface area contributed by atoms with Crippen molar-refractivity contribution in [1.29, 1.82) is 0 Å². The van der Waals surface area contributed by atoms with E-state index in [2.05, 4.69) is 5.32 Å². The fourth-order valence-corrected chi connectivity index (χ4v) is 2.03. The third-order valence-electron chi connectivity index (χ3n) is 2.96. The van der Waals surface area contributed by atoms with Crippen molar-refractivity contribution in [3.63, 3.8) is 0 Å². The van der Waals surface area contributed by atoms with E-state index in [1.165, 1.54) is 6.07 Å². The van der Waals surface area contributed by atoms with E-state index in [4.69, 9.17) is 10.5 Å². The molecule has 1 saturated heterocycles. The highest BCUT2D eigenvalue weighted by atomic mass is 35.5. The van der Waals surface area contributed by atoms with E-state index in [9.17, 15) is 13.2 Å². The van der Waals surface area contributed by atoms with Gasteiger partial charge in [-0.3, -0.25) is 0 Å². The van der Waals surface area contributed by atoms with E-state index < -0.39 is 12.2 Å². The molecule has 0 radical (unpaired) electrons. The average molecular weight is 297 g/mol. The van der Waals surface area contributed by atoms with Gasteiger partial charge in [-0.2, -0.15) is 13.2 Å². The summed E-state index contributed by atoms with van der Waals surface area (Å²) in [7, 11) is 0. The van der Waals surface area contributed by atoms with Gasteiger partial charge in [0.25, 0.3) is 0 Å². The van der Waals surface area contributed by atoms with Gasteiger partial charge in [0.05, 0.1) is 12.7 Å². The molecule has 1 aromatic rings. The summed E-state index contributed by atoms with van der Waals surface area (Å²) in [5.74, 6) is 0. The molecule has 0 aromatic heterocycles. The zero-order chi connectivity index (χ0) is 13.2. The molecular weight excluding hydrogens is 281 g/mol. The summed E-state index contributed by atoms with van der Waals surface area (Å²) in [6, 6.07) is 4.32. The quantitative estimate of drug-likeness (QED) is 0.880. The number of halogens is 4. The molecule has 1 aliphatic rings. The molecule has 0 amide bonds. The number of hydrogen-bond acceptors (Lipinski definition) is 3. The van der Waals surface area contributed by atoms with Crippen LogP contribution < -0.4 is 11.1 Å². The highest BCUT2D eigenvalue weighted by molar-refractivity contribution is 5.85. The van der Waals surface area contributed by atoms with Crippen LogP contribution in [0.25, 0.3) is 0 Å². The molecule has 1 unspecified atom stereocenters. The van der Waals surface area contributed by atoms with Gasteiger partial charge < -0.3 is 15.8 Å². The molecule has 19 heavy (non-hydrogen) atoms. The number of morpholine rings is 1. The second kappa shape index (κ2) is 6.56. The van der Waals surface area contributed by atoms with Gasteiger partial charge in [0.1, 0.15) is 6.04 Å². The van der Waals surface area contributed by atoms with Crippen LogP contribution in [-0.2, 0) is 4.74 Å². The van der Waals surface area contributed by atoms with E-state index in [0.717, 1.165) is 0 Å². The van der Waals surface area contributed by atoms with Crippen LogP contribution >= 0.6 is 12.4 Å². The summed E-state index contributed by atoms with van der Waals surface area (Å²) in [6.07, 6.45) is -4.82. The van der Waals surface area contributed by atoms with Crippen molar-refractivity contribution >= 4 is 12.4 Å². The number of hydrogen-bond donors (Lipinski definition) is 2. The van der Waals surface area contributed by atoms with Crippen molar-refractivity contribution in [2.24, 2.45) is 5.73 Å². The fraction of sp³-hybridized carbons (Fsp3) is 0.500. The minimum atomic E-state index is -4.45. The molecule has 0 spiro atoms. The van der Waals surface area contributed by atoms with Gasteiger partial charge in [-0.05, 0) is 11.1 Å². The Morgan fingerprint density at radius 3 is 2.58 bits per heavy atom. The summed E-state index contributed by atoms with van der Waals surface area (Å²) in [6.45, 7) is 1.70. The molecule has 1 heterocycles. The maximum atomic E-state index is 12.7. The normalized spacial score (nSPS) is 21.6. The molecule has 0 bridgehead atoms. The SMILES string of the molecule is Cl.N[C@H](c1ccccc1C1CNCCO1)C(F)(F)F. The molecule has 7 heteroatoms. The summed E-state index contributed by atoms with van der Waals surface area (Å²) >= 11 is 0. The average Bonchev–Trinajstić information content (AvgIpc) is 2.38. The number of benzene rings is 1. The van der Waals surface area contributed by atoms with Crippen molar-refractivity contribution in [3.05, 3.63) is 35.4 Å². The zero-order valence-corrected chi connectivity index (χ0v) is 10.9. The monoisotopic (exact) mass is 296 g/mol. The van der Waals surface area contributed by atoms with Crippen LogP contribution in [0.5, 0.6) is 0 Å². The van der Waals surface area contributed by atoms with Crippen LogP contribution in [0, 0.1) is 0 Å². The van der Waals surface area contributed by atoms with Gasteiger partial charge in [-0.15, -0.1) is 12.4 Å². The number of nitrogens with two attached hydrogens (primary N) is 1. The largest absolute Gasteiger partial charge is 0.407 e. The molecule has 1 fully saturated rings. The number of ether oxygens (including phenoxy) is 1. The molecule has 1 aromatic carbocycles. The number of rotatable bonds is 2. The Balaban J connectivity index is 0.00000180. The second-order valence-corrected chi connectivity index (χ2v) is 4.21. The lowest BCUT2D eigenvalue weighted by molar-refractivity contribution is -0.149. The Labute approximate surface area is 115 Å². The van der Waals surface area contributed by atoms with Crippen LogP contribution in [0.15, 0.2) is 24.3 Å². The topological polar surface area (TPSA) is 47.3 Å². The lowest BCUT2D eigenvalue weighted by Gasteiger charge is -2.28. The lowest BCUT2D eigenvalue weighted by Crippen LogP contribution is -2.35. The fourth-order valence-electron chi connectivity index (χ4n) is 2.03. The molecule has 108 valence electrons. The first-order valence-corrected chi connectivity index (χ1v) is 5.73. The first kappa shape index (κ1) is 16.2. The van der Waals surface area contributed by atoms with Crippen molar-refractivity contribution in [2.45, 2.75) is 18.3 Å². The Morgan fingerprint density at radius 1 is 1.32 bits per heavy atom. The van der Waals surface area contributed by atoms with E-state index in [1.807, 2.05) is 0 Å². The molecule has 0 aliphatic carbocycles. The van der Waals surface area contributed by atoms with E-state index >= 15 is 0 Å². The minimum Gasteiger partial charge on any atom is -0.371 e. The van der Waals surface area contributed by atoms with Gasteiger partial charge in [-0.1, -0.05) is 24.3 Å². The van der Waals surface area contributed by atoms with Crippen molar-refractivity contribution in [1.82, 2.24) is 5.32 Å². The number of alkyl halides is 3. The van der Waals surface area contributed by atoms with E-state index in [0.29, 0.717) is 25.3 Å². The van der Waals surface area contributed by atoms with Gasteiger partial charge in [0.15, 0.2) is 0 Å². The molecule has 2 atom stereocenters. The molecular formula is C12H16ClF3N2O. The Bertz CT molecular complexity index is 408. The van der Waals surface area contributed by atoms with Crippen molar-refractivity contribution < 1.29 is 17.9 Å². The number of nitrogens with one attached hydrogen (secondary N) is 1. The van der Waals surface area contributed by atoms with Crippen molar-refractivity contribution in [3.8, 4) is 0 Å². The molecule has 3 N–H and O–H groups in total. The molecule has 2 rings (SSSR count). The van der Waals surface area contributed by atoms with Gasteiger partial charge in [-0.25, -0.2) is 0 Å². The van der Waals surface area contributed by atoms with Gasteiger partial charge >= 0.3 is 6.18 Å². The Morgan fingerprint density at radius 2 is 2.00 bits per heavy atom. The minimum absolute atomic E-state index is 0. The maximum absolute atomic E-state index is 12.7. The predicted octanol–water partition coefficient (Wildman–Crippen LogP) is 2.33. The van der Waals surface area contributed by atoms with Crippen molar-refractivity contribution in [2.75, 3.05) is 19.7 Å². The summed E-state index contributed by atoms with van der Waals surface area (Å²) in [5.41, 5.74) is 5.87. The Kier molecular flexibility index (Phi) is 5.61. The van der Waals surface area contributed by atoms with E-state index in [-0.39, 0.29) is 24.1 Å². The summed E-state index contributed by atoms with van der Waals surface area (Å²) < 4.78 is 43.6. The van der Waals surface area contributed by atoms with Crippen LogP contribution in [0.4, 0.5) is 13.2 Å². The summed E-state index contributed by atoms with van der Waals surface area (Å²) in [5, 5.41) is 3.09. The van der Waals surface area contributed by atoms with Crippen LogP contribution in [0.3, 0.4) is 0 Å². The smallest absolute Gasteiger partial charge is 0.371 e. The maximum Gasteiger partial charge on any atom is 0.407 e. The van der Waals surface area contributed by atoms with Crippen LogP contribution in [-0.4, -0.2) is 25.9 Å². The third-order valence-corrected chi connectivity index (χ3v) is 2.96. The Hall–Kier alpha value is -0.820. The molecule has 3 nitrogen and oxygen atoms in total. The first-order chi connectivity index (χ1) is 8.50. The summed E-state index contributed by atoms with van der Waals surface area (Å²) in [4.78, 5) is 0. The predicted molar refractivity (Wildman–Crippen MR) is 68.2 cm³/mol. The standard InChI is InChI=1S/C12H15F3N2O.ClH/c13-12(14,15)11(16)9-4-2-1-3-8(9)10-7-17-5-6-18-10;/h1-4,10-11,17H,5-7,16H2;1H/t10?,11-;/m1./s1. The second-order valence-electron chi connectivity index (χ2n) is 4.21. The van der Waals surface area contributed by atoms with Crippen LogP contribution in [0.1, 0.15) is 23.3 Å². The highest BCUT2D eigenvalue weighted by Crippen LogP contribution is 2.35. The molecule has 0 saturated carbocycles. The van der Waals surface area contributed by atoms with E-state index in [1.54, 1.807) is 18.2 Å². The molecule has 1 aliphatic heterocycles. The third kappa shape index (κ3) is 3.82. The zero-order valence-electron chi connectivity index (χ0n) is 10.1. The first-order valence-electron chi connectivity index (χ1n) is 5.73. The van der Waals surface area contributed by atoms with Gasteiger partial charge in [0, 0.05) is 13.1 Å². The van der Waals surface area contributed by atoms with Crippen LogP contribution in [0.2, 0.25) is 0 Å². The van der Waals surface area contributed by atoms with Gasteiger partial charge in [0.2, 0.25) is 0 Å². The lowest BCUT2D eigenvalue weighted by atomic mass is 9.96. The highest BCUT2D eigenvalue weighted by Gasteiger charge is 2.39.